The van der Waals surface area contributed by atoms with E-state index in [1.54, 1.807) is 13.8 Å². The Kier molecular flexibility index (Phi) is 7.88. The molecular formula is C34H42N2O6S2. The normalized spacial score (nSPS) is 28.1. The zero-order chi connectivity index (χ0) is 30.6. The van der Waals surface area contributed by atoms with Crippen LogP contribution >= 0.6 is 22.7 Å². The van der Waals surface area contributed by atoms with Gasteiger partial charge in [-0.3, -0.25) is 9.59 Å². The van der Waals surface area contributed by atoms with Crippen LogP contribution in [0.4, 0.5) is 10.0 Å². The van der Waals surface area contributed by atoms with Crippen LogP contribution in [0.25, 0.3) is 0 Å². The van der Waals surface area contributed by atoms with E-state index in [4.69, 9.17) is 9.47 Å². The molecular weight excluding hydrogens is 597 g/mol. The molecule has 0 radical (unpaired) electrons. The molecule has 4 fully saturated rings. The third kappa shape index (κ3) is 5.00. The molecule has 2 amide bonds. The highest BCUT2D eigenvalue weighted by molar-refractivity contribution is 7.17. The van der Waals surface area contributed by atoms with Crippen molar-refractivity contribution in [2.75, 3.05) is 23.8 Å². The minimum atomic E-state index is -0.656. The third-order valence-electron chi connectivity index (χ3n) is 10.8. The molecule has 0 saturated heterocycles. The van der Waals surface area contributed by atoms with Crippen LogP contribution < -0.4 is 10.6 Å². The van der Waals surface area contributed by atoms with Crippen LogP contribution in [0.2, 0.25) is 0 Å². The van der Waals surface area contributed by atoms with Crippen molar-refractivity contribution in [2.24, 2.45) is 22.7 Å². The highest BCUT2D eigenvalue weighted by atomic mass is 32.1. The van der Waals surface area contributed by atoms with Crippen molar-refractivity contribution in [3.63, 3.8) is 0 Å². The summed E-state index contributed by atoms with van der Waals surface area (Å²) in [4.78, 5) is 57.2. The van der Waals surface area contributed by atoms with Crippen LogP contribution in [0.5, 0.6) is 0 Å². The van der Waals surface area contributed by atoms with Gasteiger partial charge >= 0.3 is 11.9 Å². The maximum atomic E-state index is 14.3. The van der Waals surface area contributed by atoms with Crippen LogP contribution in [0, 0.1) is 22.7 Å². The second kappa shape index (κ2) is 11.6. The second-order valence-corrected chi connectivity index (χ2v) is 15.9. The van der Waals surface area contributed by atoms with Crippen LogP contribution in [-0.2, 0) is 44.7 Å². The highest BCUT2D eigenvalue weighted by Crippen LogP contribution is 2.66. The number of hydrogen-bond acceptors (Lipinski definition) is 8. The summed E-state index contributed by atoms with van der Waals surface area (Å²) in [7, 11) is 0. The SMILES string of the molecule is CCOC(=O)c1c(NC(=O)C23CC4CC(C2)CC(C(=O)Nc2sc5c(c2C(=O)OCC)CCCC5)(C4)C3)sc2c1CCCC2. The van der Waals surface area contributed by atoms with Crippen molar-refractivity contribution in [2.45, 2.75) is 104 Å². The molecule has 2 aromatic heterocycles. The summed E-state index contributed by atoms with van der Waals surface area (Å²) in [5, 5.41) is 7.68. The molecule has 0 unspecified atom stereocenters. The molecule has 8 rings (SSSR count). The van der Waals surface area contributed by atoms with Crippen molar-refractivity contribution in [1.29, 1.82) is 0 Å². The monoisotopic (exact) mass is 638 g/mol. The average Bonchev–Trinajstić information content (AvgIpc) is 3.54. The second-order valence-electron chi connectivity index (χ2n) is 13.7. The van der Waals surface area contributed by atoms with Crippen LogP contribution in [-0.4, -0.2) is 37.0 Å². The molecule has 2 heterocycles. The lowest BCUT2D eigenvalue weighted by molar-refractivity contribution is -0.161. The van der Waals surface area contributed by atoms with E-state index in [-0.39, 0.29) is 37.0 Å². The van der Waals surface area contributed by atoms with Gasteiger partial charge < -0.3 is 20.1 Å². The maximum absolute atomic E-state index is 14.3. The van der Waals surface area contributed by atoms with Crippen molar-refractivity contribution in [3.05, 3.63) is 32.0 Å². The number of anilines is 2. The van der Waals surface area contributed by atoms with Crippen molar-refractivity contribution >= 4 is 56.4 Å². The molecule has 10 heteroatoms. The minimum absolute atomic E-state index is 0.0632. The summed E-state index contributed by atoms with van der Waals surface area (Å²) >= 11 is 3.04. The topological polar surface area (TPSA) is 111 Å². The first-order valence-corrected chi connectivity index (χ1v) is 18.2. The summed E-state index contributed by atoms with van der Waals surface area (Å²) in [5.74, 6) is -0.248. The molecule has 4 bridgehead atoms. The Morgan fingerprint density at radius 1 is 0.682 bits per heavy atom. The molecule has 4 saturated carbocycles. The van der Waals surface area contributed by atoms with Gasteiger partial charge in [-0.15, -0.1) is 22.7 Å². The Bertz CT molecular complexity index is 1400. The molecule has 236 valence electrons. The van der Waals surface area contributed by atoms with Crippen molar-refractivity contribution < 1.29 is 28.7 Å². The van der Waals surface area contributed by atoms with Gasteiger partial charge in [0.2, 0.25) is 11.8 Å². The largest absolute Gasteiger partial charge is 0.462 e. The number of nitrogens with one attached hydrogen (secondary N) is 2. The molecule has 0 atom stereocenters. The van der Waals surface area contributed by atoms with E-state index in [0.717, 1.165) is 94.6 Å². The van der Waals surface area contributed by atoms with Crippen LogP contribution in [0.1, 0.15) is 120 Å². The Balaban J connectivity index is 1.17. The zero-order valence-electron chi connectivity index (χ0n) is 25.7. The van der Waals surface area contributed by atoms with E-state index in [2.05, 4.69) is 10.6 Å². The number of esters is 2. The first-order chi connectivity index (χ1) is 21.3. The number of rotatable bonds is 8. The molecule has 6 aliphatic rings. The molecule has 2 aromatic rings. The molecule has 0 spiro atoms. The number of fused-ring (bicyclic) bond motifs is 2. The molecule has 2 N–H and O–H groups in total. The Morgan fingerprint density at radius 2 is 1.09 bits per heavy atom. The van der Waals surface area contributed by atoms with E-state index in [0.29, 0.717) is 39.4 Å². The van der Waals surface area contributed by atoms with Gasteiger partial charge in [-0.2, -0.15) is 0 Å². The highest BCUT2D eigenvalue weighted by Gasteiger charge is 2.63. The van der Waals surface area contributed by atoms with E-state index in [9.17, 15) is 19.2 Å². The summed E-state index contributed by atoms with van der Waals surface area (Å²) < 4.78 is 10.9. The maximum Gasteiger partial charge on any atom is 0.341 e. The number of ether oxygens (including phenoxy) is 2. The molecule has 6 aliphatic carbocycles. The predicted molar refractivity (Wildman–Crippen MR) is 171 cm³/mol. The van der Waals surface area contributed by atoms with E-state index < -0.39 is 10.8 Å². The first-order valence-electron chi connectivity index (χ1n) is 16.5. The summed E-state index contributed by atoms with van der Waals surface area (Å²) in [5.41, 5.74) is 1.82. The fourth-order valence-corrected chi connectivity index (χ4v) is 12.0. The standard InChI is InChI=1S/C34H42N2O6S2/c1-3-41-29(37)25-21-9-5-7-11-23(21)43-27(25)35-31(39)33-14-19-13-20(15-33)17-34(16-19,18-33)32(40)36-28-26(30(38)42-4-2)22-10-6-8-12-24(22)44-28/h19-20H,3-18H2,1-2H3,(H,35,39)(H,36,40). The smallest absolute Gasteiger partial charge is 0.341 e. The number of carbonyl (C=O) groups is 4. The predicted octanol–water partition coefficient (Wildman–Crippen LogP) is 7.08. The van der Waals surface area contributed by atoms with Crippen molar-refractivity contribution in [1.82, 2.24) is 0 Å². The quantitative estimate of drug-likeness (QED) is 0.299. The fourth-order valence-electron chi connectivity index (χ4n) is 9.41. The molecule has 0 aliphatic heterocycles. The summed E-state index contributed by atoms with van der Waals surface area (Å²) in [6.07, 6.45) is 12.3. The number of hydrogen-bond donors (Lipinski definition) is 2. The lowest BCUT2D eigenvalue weighted by Crippen LogP contribution is -2.59. The van der Waals surface area contributed by atoms with Gasteiger partial charge in [-0.25, -0.2) is 9.59 Å². The molecule has 0 aromatic carbocycles. The minimum Gasteiger partial charge on any atom is -0.462 e. The van der Waals surface area contributed by atoms with Gasteiger partial charge in [0.05, 0.1) is 35.2 Å². The van der Waals surface area contributed by atoms with E-state index in [1.807, 2.05) is 0 Å². The molecule has 8 nitrogen and oxygen atoms in total. The van der Waals surface area contributed by atoms with Gasteiger partial charge in [-0.05, 0) is 127 Å². The number of aryl methyl sites for hydroxylation is 2. The van der Waals surface area contributed by atoms with E-state index >= 15 is 0 Å². The fraction of sp³-hybridized carbons (Fsp3) is 0.647. The number of amides is 2. The van der Waals surface area contributed by atoms with Gasteiger partial charge in [0.15, 0.2) is 0 Å². The number of carbonyl (C=O) groups excluding carboxylic acids is 4. The Hall–Kier alpha value is -2.72. The molecule has 44 heavy (non-hydrogen) atoms. The van der Waals surface area contributed by atoms with Gasteiger partial charge in [0.25, 0.3) is 0 Å². The lowest BCUT2D eigenvalue weighted by atomic mass is 9.43. The number of thiophene rings is 2. The zero-order valence-corrected chi connectivity index (χ0v) is 27.4. The lowest BCUT2D eigenvalue weighted by Gasteiger charge is -2.60. The average molecular weight is 639 g/mol. The first kappa shape index (κ1) is 30.0. The van der Waals surface area contributed by atoms with Crippen LogP contribution in [0.15, 0.2) is 0 Å². The van der Waals surface area contributed by atoms with Gasteiger partial charge in [0.1, 0.15) is 10.0 Å². The van der Waals surface area contributed by atoms with E-state index in [1.165, 1.54) is 32.4 Å². The van der Waals surface area contributed by atoms with Crippen molar-refractivity contribution in [3.8, 4) is 0 Å². The summed E-state index contributed by atoms with van der Waals surface area (Å²) in [6.45, 7) is 4.17. The summed E-state index contributed by atoms with van der Waals surface area (Å²) in [6, 6.07) is 0. The van der Waals surface area contributed by atoms with Crippen LogP contribution in [0.3, 0.4) is 0 Å². The Morgan fingerprint density at radius 3 is 1.50 bits per heavy atom. The third-order valence-corrected chi connectivity index (χ3v) is 13.2. The Labute approximate surface area is 266 Å². The van der Waals surface area contributed by atoms with Gasteiger partial charge in [-0.1, -0.05) is 0 Å². The van der Waals surface area contributed by atoms with Gasteiger partial charge in [0, 0.05) is 9.75 Å².